The molecular formula is C43H81NaO8P. The van der Waals surface area contributed by atoms with Gasteiger partial charge < -0.3 is 14.4 Å². The number of carbonyl (C=O) groups excluding carboxylic acids is 2. The van der Waals surface area contributed by atoms with Crippen LogP contribution in [0.15, 0.2) is 24.3 Å². The van der Waals surface area contributed by atoms with Gasteiger partial charge in [0, 0.05) is 42.4 Å². The van der Waals surface area contributed by atoms with Crippen LogP contribution in [0.3, 0.4) is 0 Å². The number of phosphoric ester groups is 1. The minimum absolute atomic E-state index is 0. The molecule has 0 spiro atoms. The van der Waals surface area contributed by atoms with E-state index in [1.54, 1.807) is 0 Å². The fraction of sp³-hybridized carbons (Fsp3) is 0.860. The average molecular weight is 780 g/mol. The average Bonchev–Trinajstić information content (AvgIpc) is 3.12. The summed E-state index contributed by atoms with van der Waals surface area (Å²) in [6, 6.07) is 0. The van der Waals surface area contributed by atoms with Crippen molar-refractivity contribution >= 4 is 49.3 Å². The standard InChI is InChI=1S/C43H81O8P.Na/c1-4-7-10-12-14-16-18-20-22-24-26-28-30-32-34-36-42(44)48-39-41(40-50-52(46,47)49-38-9-6-3)51-43(45)37-35-33-31-29-27-25-23-21-19-17-15-13-11-8-5-2;/h20-23,41H,4-19,24-40H2,1-3H3,(H,46,47);/b22-20-,23-21-;/t41-;/m1./s1. The molecule has 1 N–H and O–H groups in total. The van der Waals surface area contributed by atoms with Crippen LogP contribution in [0.5, 0.6) is 0 Å². The summed E-state index contributed by atoms with van der Waals surface area (Å²) in [5.41, 5.74) is 0. The summed E-state index contributed by atoms with van der Waals surface area (Å²) in [6.07, 6.45) is 40.8. The first kappa shape index (κ1) is 54.6. The summed E-state index contributed by atoms with van der Waals surface area (Å²) in [7, 11) is -4.31. The number of allylic oxidation sites excluding steroid dienone is 4. The monoisotopic (exact) mass is 780 g/mol. The van der Waals surface area contributed by atoms with Gasteiger partial charge in [-0.05, 0) is 70.6 Å². The quantitative estimate of drug-likeness (QED) is 0.0215. The molecule has 2 atom stereocenters. The summed E-state index contributed by atoms with van der Waals surface area (Å²) in [4.78, 5) is 35.0. The van der Waals surface area contributed by atoms with Gasteiger partial charge in [-0.1, -0.05) is 154 Å². The molecule has 0 amide bonds. The van der Waals surface area contributed by atoms with Crippen molar-refractivity contribution in [3.63, 3.8) is 0 Å². The number of ether oxygens (including phenoxy) is 2. The summed E-state index contributed by atoms with van der Waals surface area (Å²) in [5, 5.41) is 0. The van der Waals surface area contributed by atoms with Crippen LogP contribution >= 0.6 is 7.82 Å². The third kappa shape index (κ3) is 42.5. The first-order chi connectivity index (χ1) is 25.3. The maximum Gasteiger partial charge on any atom is 0.472 e. The second-order valence-corrected chi connectivity index (χ2v) is 15.9. The van der Waals surface area contributed by atoms with E-state index in [-0.39, 0.29) is 61.6 Å². The van der Waals surface area contributed by atoms with Gasteiger partial charge in [-0.2, -0.15) is 0 Å². The molecule has 0 aromatic heterocycles. The second kappa shape index (κ2) is 42.7. The van der Waals surface area contributed by atoms with Crippen LogP contribution < -0.4 is 0 Å². The number of hydrogen-bond donors (Lipinski definition) is 1. The molecule has 53 heavy (non-hydrogen) atoms. The maximum absolute atomic E-state index is 12.6. The number of hydrogen-bond acceptors (Lipinski definition) is 7. The van der Waals surface area contributed by atoms with Crippen molar-refractivity contribution in [2.75, 3.05) is 19.8 Å². The maximum atomic E-state index is 12.6. The summed E-state index contributed by atoms with van der Waals surface area (Å²) in [5.74, 6) is -0.804. The Kier molecular flexibility index (Phi) is 44.0. The van der Waals surface area contributed by atoms with Crippen LogP contribution in [0.25, 0.3) is 0 Å². The molecule has 0 aliphatic heterocycles. The van der Waals surface area contributed by atoms with Gasteiger partial charge in [0.1, 0.15) is 6.61 Å². The van der Waals surface area contributed by atoms with Crippen molar-refractivity contribution in [3.8, 4) is 0 Å². The molecule has 8 nitrogen and oxygen atoms in total. The van der Waals surface area contributed by atoms with Crippen molar-refractivity contribution in [2.24, 2.45) is 0 Å². The van der Waals surface area contributed by atoms with Gasteiger partial charge in [0.25, 0.3) is 0 Å². The first-order valence-corrected chi connectivity index (χ1v) is 23.1. The molecule has 0 aliphatic rings. The number of rotatable bonds is 40. The van der Waals surface area contributed by atoms with E-state index in [0.29, 0.717) is 12.8 Å². The van der Waals surface area contributed by atoms with E-state index < -0.39 is 26.5 Å². The van der Waals surface area contributed by atoms with Gasteiger partial charge in [0.2, 0.25) is 0 Å². The van der Waals surface area contributed by atoms with Crippen molar-refractivity contribution in [1.29, 1.82) is 0 Å². The first-order valence-electron chi connectivity index (χ1n) is 21.6. The molecule has 0 bridgehead atoms. The van der Waals surface area contributed by atoms with Crippen molar-refractivity contribution in [1.82, 2.24) is 0 Å². The molecule has 1 unspecified atom stereocenters. The Labute approximate surface area is 348 Å². The van der Waals surface area contributed by atoms with Crippen molar-refractivity contribution < 1.29 is 37.6 Å². The van der Waals surface area contributed by atoms with Crippen LogP contribution in [-0.4, -0.2) is 72.3 Å². The molecule has 1 radical (unpaired) electrons. The Morgan fingerprint density at radius 3 is 1.32 bits per heavy atom. The van der Waals surface area contributed by atoms with Crippen molar-refractivity contribution in [3.05, 3.63) is 24.3 Å². The molecule has 0 fully saturated rings. The third-order valence-electron chi connectivity index (χ3n) is 9.19. The zero-order chi connectivity index (χ0) is 38.2. The van der Waals surface area contributed by atoms with Crippen LogP contribution in [0.2, 0.25) is 0 Å². The summed E-state index contributed by atoms with van der Waals surface area (Å²) in [6.45, 7) is 5.92. The van der Waals surface area contributed by atoms with Crippen LogP contribution in [0, 0.1) is 0 Å². The van der Waals surface area contributed by atoms with E-state index in [4.69, 9.17) is 18.5 Å². The fourth-order valence-electron chi connectivity index (χ4n) is 5.84. The molecule has 0 aromatic carbocycles. The zero-order valence-corrected chi connectivity index (χ0v) is 37.9. The molecule has 307 valence electrons. The van der Waals surface area contributed by atoms with Gasteiger partial charge in [-0.15, -0.1) is 0 Å². The topological polar surface area (TPSA) is 108 Å². The zero-order valence-electron chi connectivity index (χ0n) is 35.0. The Bertz CT molecular complexity index is 913. The SMILES string of the molecule is CCCCCCCC/C=C\CCCCCCCC(=O)OC[C@H](COP(=O)(O)OCCCC)OC(=O)CCCCCCC/C=C\CCCCCCCC.[Na]. The van der Waals surface area contributed by atoms with E-state index in [9.17, 15) is 19.0 Å². The van der Waals surface area contributed by atoms with E-state index in [0.717, 1.165) is 70.6 Å². The van der Waals surface area contributed by atoms with Gasteiger partial charge in [0.05, 0.1) is 13.2 Å². The Hall–Kier alpha value is -0.470. The Morgan fingerprint density at radius 2 is 0.887 bits per heavy atom. The second-order valence-electron chi connectivity index (χ2n) is 14.4. The Balaban J connectivity index is 0. The Morgan fingerprint density at radius 1 is 0.509 bits per heavy atom. The van der Waals surface area contributed by atoms with E-state index in [1.165, 1.54) is 96.3 Å². The van der Waals surface area contributed by atoms with Gasteiger partial charge in [0.15, 0.2) is 6.10 Å². The predicted molar refractivity (Wildman–Crippen MR) is 222 cm³/mol. The van der Waals surface area contributed by atoms with E-state index in [1.807, 2.05) is 6.92 Å². The predicted octanol–water partition coefficient (Wildman–Crippen LogP) is 13.1. The molecule has 0 aromatic rings. The number of carbonyl (C=O) groups is 2. The molecule has 0 rings (SSSR count). The minimum Gasteiger partial charge on any atom is -0.462 e. The van der Waals surface area contributed by atoms with Crippen LogP contribution in [-0.2, 0) is 32.7 Å². The molecule has 0 saturated heterocycles. The van der Waals surface area contributed by atoms with Gasteiger partial charge in [-0.3, -0.25) is 18.6 Å². The summed E-state index contributed by atoms with van der Waals surface area (Å²) >= 11 is 0. The molecule has 0 saturated carbocycles. The van der Waals surface area contributed by atoms with Crippen LogP contribution in [0.1, 0.15) is 213 Å². The normalized spacial score (nSPS) is 13.3. The minimum atomic E-state index is -4.31. The van der Waals surface area contributed by atoms with Crippen LogP contribution in [0.4, 0.5) is 0 Å². The fourth-order valence-corrected chi connectivity index (χ4v) is 6.63. The molecule has 0 aliphatic carbocycles. The third-order valence-corrected chi connectivity index (χ3v) is 10.2. The smallest absolute Gasteiger partial charge is 0.462 e. The van der Waals surface area contributed by atoms with E-state index >= 15 is 0 Å². The van der Waals surface area contributed by atoms with Gasteiger partial charge in [-0.25, -0.2) is 4.57 Å². The molecular weight excluding hydrogens is 698 g/mol. The largest absolute Gasteiger partial charge is 0.472 e. The summed E-state index contributed by atoms with van der Waals surface area (Å²) < 4.78 is 33.3. The van der Waals surface area contributed by atoms with Gasteiger partial charge >= 0.3 is 19.8 Å². The van der Waals surface area contributed by atoms with Crippen molar-refractivity contribution in [2.45, 2.75) is 219 Å². The number of unbranched alkanes of at least 4 members (excludes halogenated alkanes) is 23. The van der Waals surface area contributed by atoms with E-state index in [2.05, 4.69) is 38.2 Å². The molecule has 0 heterocycles. The number of esters is 2. The molecule has 10 heteroatoms. The number of phosphoric acid groups is 1.